The van der Waals surface area contributed by atoms with Crippen LogP contribution in [0.15, 0.2) is 64.1 Å². The van der Waals surface area contributed by atoms with Crippen molar-refractivity contribution in [2.24, 2.45) is 0 Å². The average molecular weight is 354 g/mol. The first kappa shape index (κ1) is 19.4. The molecule has 1 saturated carbocycles. The molecule has 1 fully saturated rings. The van der Waals surface area contributed by atoms with Crippen LogP contribution in [0.4, 0.5) is 0 Å². The molecule has 1 aliphatic rings. The maximum absolute atomic E-state index is 11.6. The summed E-state index contributed by atoms with van der Waals surface area (Å²) in [7, 11) is 0. The number of nitrogens with one attached hydrogen (secondary N) is 1. The summed E-state index contributed by atoms with van der Waals surface area (Å²) in [6.45, 7) is 15.3. The van der Waals surface area contributed by atoms with Crippen LogP contribution in [0.1, 0.15) is 50.7 Å². The predicted molar refractivity (Wildman–Crippen MR) is 109 cm³/mol. The number of rotatable bonds is 6. The normalized spacial score (nSPS) is 19.4. The van der Waals surface area contributed by atoms with Gasteiger partial charge in [0.25, 0.3) is 0 Å². The molecule has 0 aromatic heterocycles. The van der Waals surface area contributed by atoms with Crippen LogP contribution in [-0.4, -0.2) is 12.5 Å². The van der Waals surface area contributed by atoms with E-state index in [2.05, 4.69) is 55.6 Å². The third kappa shape index (κ3) is 4.78. The van der Waals surface area contributed by atoms with Crippen LogP contribution < -0.4 is 5.32 Å². The largest absolute Gasteiger partial charge is 0.380 e. The minimum atomic E-state index is 0.299. The van der Waals surface area contributed by atoms with Gasteiger partial charge in [0.05, 0.1) is 5.03 Å². The minimum absolute atomic E-state index is 0.299. The monoisotopic (exact) mass is 353 g/mol. The van der Waals surface area contributed by atoms with Crippen LogP contribution >= 0.6 is 11.8 Å². The molecule has 1 N–H and O–H groups in total. The fourth-order valence-corrected chi connectivity index (χ4v) is 4.27. The van der Waals surface area contributed by atoms with Crippen LogP contribution in [-0.2, 0) is 11.2 Å². The van der Waals surface area contributed by atoms with Gasteiger partial charge in [-0.2, -0.15) is 0 Å². The Bertz CT molecular complexity index is 736. The summed E-state index contributed by atoms with van der Waals surface area (Å²) >= 11 is 1.57. The summed E-state index contributed by atoms with van der Waals surface area (Å²) in [4.78, 5) is 12.7. The van der Waals surface area contributed by atoms with Crippen molar-refractivity contribution in [1.82, 2.24) is 5.32 Å². The highest BCUT2D eigenvalue weighted by atomic mass is 32.2. The Morgan fingerprint density at radius 3 is 2.52 bits per heavy atom. The van der Waals surface area contributed by atoms with Gasteiger partial charge in [0, 0.05) is 17.7 Å². The predicted octanol–water partition coefficient (Wildman–Crippen LogP) is 5.53. The molecule has 0 radical (unpaired) electrons. The van der Waals surface area contributed by atoms with E-state index in [4.69, 9.17) is 0 Å². The van der Waals surface area contributed by atoms with E-state index in [1.54, 1.807) is 11.8 Å². The van der Waals surface area contributed by atoms with Crippen LogP contribution in [0.25, 0.3) is 0 Å². The average Bonchev–Trinajstić information content (AvgIpc) is 2.61. The van der Waals surface area contributed by atoms with E-state index in [1.165, 1.54) is 11.1 Å². The minimum Gasteiger partial charge on any atom is -0.380 e. The molecule has 1 unspecified atom stereocenters. The van der Waals surface area contributed by atoms with E-state index in [0.717, 1.165) is 52.5 Å². The summed E-state index contributed by atoms with van der Waals surface area (Å²) in [5.41, 5.74) is 5.32. The molecule has 0 aliphatic heterocycles. The highest BCUT2D eigenvalue weighted by Crippen LogP contribution is 2.44. The van der Waals surface area contributed by atoms with Gasteiger partial charge in [-0.1, -0.05) is 56.1 Å². The number of hydrogen-bond donors (Lipinski definition) is 1. The third-order valence-electron chi connectivity index (χ3n) is 4.58. The van der Waals surface area contributed by atoms with Gasteiger partial charge in [-0.15, -0.1) is 0 Å². The van der Waals surface area contributed by atoms with Gasteiger partial charge in [0.1, 0.15) is 5.94 Å². The molecule has 0 heterocycles. The topological polar surface area (TPSA) is 29.1 Å². The molecule has 2 nitrogen and oxygen atoms in total. The lowest BCUT2D eigenvalue weighted by Crippen LogP contribution is -2.14. The molecule has 0 saturated heterocycles. The second kappa shape index (κ2) is 8.94. The summed E-state index contributed by atoms with van der Waals surface area (Å²) in [6, 6.07) is 8.72. The number of carbonyl (C=O) groups excluding carboxylic acids is 1. The lowest BCUT2D eigenvalue weighted by molar-refractivity contribution is 0.562. The Kier molecular flexibility index (Phi) is 6.92. The molecule has 2 rings (SSSR count). The molecule has 3 heteroatoms. The van der Waals surface area contributed by atoms with Gasteiger partial charge < -0.3 is 5.32 Å². The van der Waals surface area contributed by atoms with E-state index in [9.17, 15) is 4.79 Å². The zero-order chi connectivity index (χ0) is 18.4. The molecule has 25 heavy (non-hydrogen) atoms. The Morgan fingerprint density at radius 2 is 1.96 bits per heavy atom. The quantitative estimate of drug-likeness (QED) is 0.682. The first-order chi connectivity index (χ1) is 12.0. The zero-order valence-electron chi connectivity index (χ0n) is 15.4. The zero-order valence-corrected chi connectivity index (χ0v) is 16.3. The molecule has 1 atom stereocenters. The molecule has 1 aromatic carbocycles. The van der Waals surface area contributed by atoms with Crippen molar-refractivity contribution in [3.8, 4) is 0 Å². The van der Waals surface area contributed by atoms with E-state index < -0.39 is 0 Å². The summed E-state index contributed by atoms with van der Waals surface area (Å²) in [5.74, 6) is 2.48. The van der Waals surface area contributed by atoms with E-state index >= 15 is 0 Å². The fraction of sp³-hybridized carbons (Fsp3) is 0.364. The fourth-order valence-electron chi connectivity index (χ4n) is 3.32. The first-order valence-electron chi connectivity index (χ1n) is 8.82. The number of benzene rings is 1. The van der Waals surface area contributed by atoms with Crippen LogP contribution in [0, 0.1) is 0 Å². The molecule has 1 aliphatic carbocycles. The maximum atomic E-state index is 11.6. The standard InChI is InChI=1S/C22H27NOS/c1-6-18-8-10-19(11-9-18)20-12-15(3)22(21(13-20)14-24)16(4)25-17(5)23-7-2/h8-11,20,23H,3,5-7,12-13H2,1-2,4H3/b22-16+. The molecule has 0 spiro atoms. The Balaban J connectivity index is 2.24. The van der Waals surface area contributed by atoms with Gasteiger partial charge >= 0.3 is 0 Å². The molecular weight excluding hydrogens is 326 g/mol. The summed E-state index contributed by atoms with van der Waals surface area (Å²) in [6.07, 6.45) is 2.63. The number of aryl methyl sites for hydroxylation is 1. The second-order valence-electron chi connectivity index (χ2n) is 6.37. The van der Waals surface area contributed by atoms with Gasteiger partial charge in [-0.05, 0) is 60.6 Å². The van der Waals surface area contributed by atoms with Crippen LogP contribution in [0.2, 0.25) is 0 Å². The van der Waals surface area contributed by atoms with Crippen molar-refractivity contribution in [2.45, 2.75) is 46.0 Å². The van der Waals surface area contributed by atoms with Gasteiger partial charge in [0.2, 0.25) is 0 Å². The summed E-state index contributed by atoms with van der Waals surface area (Å²) < 4.78 is 0. The number of hydrogen-bond acceptors (Lipinski definition) is 3. The second-order valence-corrected chi connectivity index (χ2v) is 7.68. The van der Waals surface area contributed by atoms with Crippen molar-refractivity contribution in [3.63, 3.8) is 0 Å². The van der Waals surface area contributed by atoms with Crippen LogP contribution in [0.3, 0.4) is 0 Å². The lowest BCUT2D eigenvalue weighted by Gasteiger charge is -2.28. The van der Waals surface area contributed by atoms with Gasteiger partial charge in [-0.25, -0.2) is 4.79 Å². The smallest absolute Gasteiger partial charge is 0.128 e. The maximum Gasteiger partial charge on any atom is 0.128 e. The van der Waals surface area contributed by atoms with Gasteiger partial charge in [-0.3, -0.25) is 0 Å². The van der Waals surface area contributed by atoms with Crippen molar-refractivity contribution >= 4 is 17.7 Å². The van der Waals surface area contributed by atoms with Crippen molar-refractivity contribution < 1.29 is 4.79 Å². The molecular formula is C22H27NOS. The van der Waals surface area contributed by atoms with Crippen LogP contribution in [0.5, 0.6) is 0 Å². The Morgan fingerprint density at radius 1 is 1.28 bits per heavy atom. The highest BCUT2D eigenvalue weighted by molar-refractivity contribution is 8.06. The molecule has 132 valence electrons. The molecule has 0 bridgehead atoms. The van der Waals surface area contributed by atoms with E-state index in [0.29, 0.717) is 5.92 Å². The van der Waals surface area contributed by atoms with Crippen molar-refractivity contribution in [3.05, 3.63) is 75.2 Å². The first-order valence-corrected chi connectivity index (χ1v) is 9.64. The Labute approximate surface area is 155 Å². The number of thioether (sulfide) groups is 1. The highest BCUT2D eigenvalue weighted by Gasteiger charge is 2.27. The van der Waals surface area contributed by atoms with E-state index in [1.807, 2.05) is 13.8 Å². The van der Waals surface area contributed by atoms with E-state index in [-0.39, 0.29) is 0 Å². The summed E-state index contributed by atoms with van der Waals surface area (Å²) in [5, 5.41) is 4.10. The Hall–Kier alpha value is -1.96. The van der Waals surface area contributed by atoms with Gasteiger partial charge in [0.15, 0.2) is 0 Å². The van der Waals surface area contributed by atoms with Crippen molar-refractivity contribution in [1.29, 1.82) is 0 Å². The third-order valence-corrected chi connectivity index (χ3v) is 5.48. The SMILES string of the molecule is C=C(NCC)S/C(C)=C1\C(=C)CC(c2ccc(CC)cc2)CC1=C=O. The molecule has 0 amide bonds. The number of allylic oxidation sites excluding steroid dienone is 4. The van der Waals surface area contributed by atoms with Crippen molar-refractivity contribution in [2.75, 3.05) is 6.54 Å². The molecule has 1 aromatic rings. The lowest BCUT2D eigenvalue weighted by atomic mass is 9.76.